The topological polar surface area (TPSA) is 108 Å². The van der Waals surface area contributed by atoms with E-state index >= 15 is 0 Å². The molecule has 3 rings (SSSR count). The average molecular weight is 371 g/mol. The lowest BCUT2D eigenvalue weighted by molar-refractivity contribution is -0.0591. The number of aryl methyl sites for hydroxylation is 1. The Balaban J connectivity index is 1.79. The molecule has 2 aromatic rings. The molecule has 140 valence electrons. The fourth-order valence-corrected chi connectivity index (χ4v) is 2.47. The third-order valence-electron chi connectivity index (χ3n) is 3.63. The van der Waals surface area contributed by atoms with Gasteiger partial charge in [0.2, 0.25) is 0 Å². The zero-order valence-electron chi connectivity index (χ0n) is 15.2. The molecular weight excluding hydrogens is 354 g/mol. The molecule has 0 aliphatic carbocycles. The molecule has 0 unspecified atom stereocenters. The molecule has 1 aliphatic heterocycles. The number of imide groups is 1. The maximum Gasteiger partial charge on any atom is 0.381 e. The summed E-state index contributed by atoms with van der Waals surface area (Å²) in [6.07, 6.45) is 0. The number of aromatic nitrogens is 2. The highest BCUT2D eigenvalue weighted by atomic mass is 16.7. The minimum Gasteiger partial charge on any atom is -0.455 e. The van der Waals surface area contributed by atoms with E-state index in [-0.39, 0.29) is 22.5 Å². The minimum absolute atomic E-state index is 0.0956. The van der Waals surface area contributed by atoms with E-state index in [2.05, 4.69) is 5.10 Å². The highest BCUT2D eigenvalue weighted by molar-refractivity contribution is 6.21. The van der Waals surface area contributed by atoms with Crippen molar-refractivity contribution in [1.82, 2.24) is 14.8 Å². The Labute approximate surface area is 154 Å². The summed E-state index contributed by atoms with van der Waals surface area (Å²) in [6, 6.07) is 7.31. The molecule has 2 amide bonds. The van der Waals surface area contributed by atoms with Crippen molar-refractivity contribution in [1.29, 1.82) is 0 Å². The smallest absolute Gasteiger partial charge is 0.381 e. The number of nitrogens with zero attached hydrogens (tertiary/aromatic N) is 3. The second kappa shape index (κ2) is 6.35. The number of amides is 2. The first-order chi connectivity index (χ1) is 12.6. The molecule has 0 fully saturated rings. The fraction of sp³-hybridized carbons (Fsp3) is 0.278. The maximum absolute atomic E-state index is 12.4. The molecule has 0 N–H and O–H groups in total. The van der Waals surface area contributed by atoms with Crippen molar-refractivity contribution in [2.24, 2.45) is 7.05 Å². The van der Waals surface area contributed by atoms with Crippen molar-refractivity contribution in [3.05, 3.63) is 52.8 Å². The predicted molar refractivity (Wildman–Crippen MR) is 90.7 cm³/mol. The molecule has 0 radical (unpaired) electrons. The molecule has 0 bridgehead atoms. The van der Waals surface area contributed by atoms with Crippen molar-refractivity contribution in [2.45, 2.75) is 26.4 Å². The van der Waals surface area contributed by atoms with Crippen LogP contribution < -0.4 is 0 Å². The lowest BCUT2D eigenvalue weighted by Crippen LogP contribution is -2.33. The molecule has 9 heteroatoms. The maximum atomic E-state index is 12.4. The van der Waals surface area contributed by atoms with Gasteiger partial charge in [0.15, 0.2) is 5.69 Å². The molecule has 2 heterocycles. The summed E-state index contributed by atoms with van der Waals surface area (Å²) in [7, 11) is 1.42. The lowest BCUT2D eigenvalue weighted by atomic mass is 10.1. The summed E-state index contributed by atoms with van der Waals surface area (Å²) in [4.78, 5) is 54.0. The van der Waals surface area contributed by atoms with Gasteiger partial charge < -0.3 is 9.57 Å². The Morgan fingerprint density at radius 2 is 1.56 bits per heavy atom. The Morgan fingerprint density at radius 3 is 2.07 bits per heavy atom. The van der Waals surface area contributed by atoms with Gasteiger partial charge in [0.1, 0.15) is 11.3 Å². The van der Waals surface area contributed by atoms with Crippen molar-refractivity contribution in [3.63, 3.8) is 0 Å². The van der Waals surface area contributed by atoms with E-state index < -0.39 is 29.4 Å². The van der Waals surface area contributed by atoms with Crippen LogP contribution in [0.2, 0.25) is 0 Å². The van der Waals surface area contributed by atoms with Gasteiger partial charge in [0.05, 0.1) is 11.1 Å². The number of ether oxygens (including phenoxy) is 1. The van der Waals surface area contributed by atoms with Crippen molar-refractivity contribution < 1.29 is 28.8 Å². The Hall–Kier alpha value is -3.49. The van der Waals surface area contributed by atoms with Crippen LogP contribution in [0.15, 0.2) is 30.3 Å². The number of esters is 1. The number of carbonyl (C=O) groups is 4. The van der Waals surface area contributed by atoms with Gasteiger partial charge in [-0.2, -0.15) is 5.10 Å². The number of carbonyl (C=O) groups excluding carboxylic acids is 4. The molecule has 0 atom stereocenters. The van der Waals surface area contributed by atoms with Gasteiger partial charge in [-0.15, -0.1) is 0 Å². The second-order valence-corrected chi connectivity index (χ2v) is 6.87. The van der Waals surface area contributed by atoms with E-state index in [4.69, 9.17) is 9.57 Å². The lowest BCUT2D eigenvalue weighted by Gasteiger charge is -2.18. The van der Waals surface area contributed by atoms with Crippen LogP contribution in [0.4, 0.5) is 0 Å². The van der Waals surface area contributed by atoms with Crippen LogP contribution in [-0.4, -0.2) is 44.2 Å². The highest BCUT2D eigenvalue weighted by Crippen LogP contribution is 2.23. The normalized spacial score (nSPS) is 13.6. The van der Waals surface area contributed by atoms with E-state index in [1.54, 1.807) is 32.9 Å². The van der Waals surface area contributed by atoms with E-state index in [9.17, 15) is 19.2 Å². The summed E-state index contributed by atoms with van der Waals surface area (Å²) in [5, 5.41) is 4.32. The standard InChI is InChI=1S/C18H17N3O6/c1-18(2,3)26-16(24)12-9-13(20(4)19-12)17(25)27-21-14(22)10-7-5-6-8-11(10)15(21)23/h5-9H,1-4H3. The highest BCUT2D eigenvalue weighted by Gasteiger charge is 2.39. The third-order valence-corrected chi connectivity index (χ3v) is 3.63. The van der Waals surface area contributed by atoms with E-state index in [0.29, 0.717) is 5.06 Å². The molecule has 0 spiro atoms. The van der Waals surface area contributed by atoms with Crippen LogP contribution in [0.25, 0.3) is 0 Å². The number of hydrogen-bond donors (Lipinski definition) is 0. The summed E-state index contributed by atoms with van der Waals surface area (Å²) in [6.45, 7) is 5.10. The molecule has 27 heavy (non-hydrogen) atoms. The third kappa shape index (κ3) is 3.43. The van der Waals surface area contributed by atoms with Crippen molar-refractivity contribution >= 4 is 23.8 Å². The zero-order valence-corrected chi connectivity index (χ0v) is 15.2. The molecule has 1 aromatic heterocycles. The fourth-order valence-electron chi connectivity index (χ4n) is 2.47. The number of fused-ring (bicyclic) bond motifs is 1. The molecule has 0 saturated carbocycles. The second-order valence-electron chi connectivity index (χ2n) is 6.87. The number of benzene rings is 1. The number of rotatable bonds is 3. The van der Waals surface area contributed by atoms with Gasteiger partial charge in [-0.1, -0.05) is 17.2 Å². The van der Waals surface area contributed by atoms with Gasteiger partial charge in [-0.05, 0) is 32.9 Å². The first-order valence-corrected chi connectivity index (χ1v) is 8.06. The molecule has 1 aliphatic rings. The van der Waals surface area contributed by atoms with E-state index in [1.807, 2.05) is 0 Å². The Bertz CT molecular complexity index is 935. The number of hydroxylamine groups is 2. The van der Waals surface area contributed by atoms with Crippen LogP contribution in [0, 0.1) is 0 Å². The quantitative estimate of drug-likeness (QED) is 0.597. The number of hydrogen-bond acceptors (Lipinski definition) is 7. The Morgan fingerprint density at radius 1 is 1.00 bits per heavy atom. The summed E-state index contributed by atoms with van der Waals surface area (Å²) < 4.78 is 6.31. The van der Waals surface area contributed by atoms with Gasteiger partial charge in [-0.3, -0.25) is 14.3 Å². The van der Waals surface area contributed by atoms with Gasteiger partial charge in [-0.25, -0.2) is 9.59 Å². The first kappa shape index (κ1) is 18.3. The summed E-state index contributed by atoms with van der Waals surface area (Å²) in [5.74, 6) is -3.19. The van der Waals surface area contributed by atoms with Gasteiger partial charge in [0, 0.05) is 13.1 Å². The van der Waals surface area contributed by atoms with Crippen molar-refractivity contribution in [2.75, 3.05) is 0 Å². The van der Waals surface area contributed by atoms with Crippen LogP contribution in [0.5, 0.6) is 0 Å². The average Bonchev–Trinajstić information content (AvgIpc) is 3.08. The molecule has 0 saturated heterocycles. The zero-order chi connectivity index (χ0) is 19.9. The van der Waals surface area contributed by atoms with E-state index in [0.717, 1.165) is 4.68 Å². The van der Waals surface area contributed by atoms with Gasteiger partial charge in [0.25, 0.3) is 11.8 Å². The molecule has 1 aromatic carbocycles. The van der Waals surface area contributed by atoms with Crippen molar-refractivity contribution in [3.8, 4) is 0 Å². The van der Waals surface area contributed by atoms with Crippen LogP contribution in [0.1, 0.15) is 62.5 Å². The van der Waals surface area contributed by atoms with Crippen LogP contribution in [-0.2, 0) is 16.6 Å². The SMILES string of the molecule is Cn1nc(C(=O)OC(C)(C)C)cc1C(=O)ON1C(=O)c2ccccc2C1=O. The predicted octanol–water partition coefficient (Wildman–Crippen LogP) is 1.74. The van der Waals surface area contributed by atoms with Gasteiger partial charge >= 0.3 is 11.9 Å². The van der Waals surface area contributed by atoms with Crippen LogP contribution in [0.3, 0.4) is 0 Å². The Kier molecular flexibility index (Phi) is 4.30. The largest absolute Gasteiger partial charge is 0.455 e. The minimum atomic E-state index is -1.01. The van der Waals surface area contributed by atoms with Crippen LogP contribution >= 0.6 is 0 Å². The summed E-state index contributed by atoms with van der Waals surface area (Å²) >= 11 is 0. The summed E-state index contributed by atoms with van der Waals surface area (Å²) in [5.41, 5.74) is -0.645. The molecule has 9 nitrogen and oxygen atoms in total. The monoisotopic (exact) mass is 371 g/mol. The molecular formula is C18H17N3O6. The van der Waals surface area contributed by atoms with E-state index in [1.165, 1.54) is 25.2 Å². The first-order valence-electron chi connectivity index (χ1n) is 8.06.